The highest BCUT2D eigenvalue weighted by molar-refractivity contribution is 5.96. The smallest absolute Gasteiger partial charge is 0.231 e. The number of rotatable bonds is 0. The zero-order valence-corrected chi connectivity index (χ0v) is 11.5. The van der Waals surface area contributed by atoms with Gasteiger partial charge in [0.1, 0.15) is 0 Å². The van der Waals surface area contributed by atoms with Gasteiger partial charge in [0.15, 0.2) is 0 Å². The molecule has 1 unspecified atom stereocenters. The fraction of sp³-hybridized carbons (Fsp3) is 0.400. The van der Waals surface area contributed by atoms with Gasteiger partial charge < -0.3 is 5.32 Å². The van der Waals surface area contributed by atoms with Crippen molar-refractivity contribution in [3.05, 3.63) is 35.5 Å². The minimum atomic E-state index is 0. The number of carbonyl (C=O) groups is 1. The third kappa shape index (κ3) is 1.72. The average Bonchev–Trinajstić information content (AvgIpc) is 2.64. The lowest BCUT2D eigenvalue weighted by Gasteiger charge is -2.24. The first kappa shape index (κ1) is 12.7. The SMILES string of the molecule is Cl.O=C1CCCC2NCCc3c2n1c1ccccc31. The van der Waals surface area contributed by atoms with Crippen LogP contribution < -0.4 is 5.32 Å². The summed E-state index contributed by atoms with van der Waals surface area (Å²) >= 11 is 0. The first-order chi connectivity index (χ1) is 8.86. The van der Waals surface area contributed by atoms with Crippen LogP contribution >= 0.6 is 12.4 Å². The summed E-state index contributed by atoms with van der Waals surface area (Å²) in [6.45, 7) is 1.03. The van der Waals surface area contributed by atoms with Gasteiger partial charge in [-0.2, -0.15) is 0 Å². The number of hydrogen-bond donors (Lipinski definition) is 1. The van der Waals surface area contributed by atoms with Gasteiger partial charge in [-0.3, -0.25) is 9.36 Å². The molecule has 19 heavy (non-hydrogen) atoms. The molecule has 0 spiro atoms. The summed E-state index contributed by atoms with van der Waals surface area (Å²) in [5.74, 6) is 0.263. The molecule has 100 valence electrons. The molecule has 2 aliphatic heterocycles. The van der Waals surface area contributed by atoms with E-state index in [0.29, 0.717) is 12.5 Å². The van der Waals surface area contributed by atoms with Crippen LogP contribution in [0.25, 0.3) is 10.9 Å². The predicted octanol–water partition coefficient (Wildman–Crippen LogP) is 3.07. The first-order valence-electron chi connectivity index (χ1n) is 6.75. The van der Waals surface area contributed by atoms with Crippen LogP contribution in [0.1, 0.15) is 41.4 Å². The van der Waals surface area contributed by atoms with Gasteiger partial charge in [-0.25, -0.2) is 0 Å². The van der Waals surface area contributed by atoms with Crippen LogP contribution in [0.5, 0.6) is 0 Å². The summed E-state index contributed by atoms with van der Waals surface area (Å²) in [4.78, 5) is 12.4. The highest BCUT2D eigenvalue weighted by atomic mass is 35.5. The van der Waals surface area contributed by atoms with Crippen molar-refractivity contribution in [2.24, 2.45) is 0 Å². The van der Waals surface area contributed by atoms with Crippen LogP contribution in [-0.2, 0) is 6.42 Å². The van der Waals surface area contributed by atoms with E-state index >= 15 is 0 Å². The summed E-state index contributed by atoms with van der Waals surface area (Å²) in [6.07, 6.45) is 3.77. The van der Waals surface area contributed by atoms with E-state index in [1.807, 2.05) is 10.6 Å². The molecular formula is C15H17ClN2O. The van der Waals surface area contributed by atoms with Crippen molar-refractivity contribution in [2.75, 3.05) is 6.54 Å². The number of halogens is 1. The minimum Gasteiger partial charge on any atom is -0.308 e. The molecule has 0 saturated carbocycles. The summed E-state index contributed by atoms with van der Waals surface area (Å²) in [6, 6.07) is 8.70. The molecule has 3 nitrogen and oxygen atoms in total. The predicted molar refractivity (Wildman–Crippen MR) is 78.1 cm³/mol. The molecule has 0 radical (unpaired) electrons. The zero-order chi connectivity index (χ0) is 12.1. The molecule has 2 aliphatic rings. The molecule has 1 atom stereocenters. The largest absolute Gasteiger partial charge is 0.308 e. The maximum Gasteiger partial charge on any atom is 0.231 e. The number of fused-ring (bicyclic) bond motifs is 3. The summed E-state index contributed by atoms with van der Waals surface area (Å²) < 4.78 is 1.98. The Bertz CT molecular complexity index is 647. The fourth-order valence-corrected chi connectivity index (χ4v) is 3.50. The number of benzene rings is 1. The van der Waals surface area contributed by atoms with E-state index in [9.17, 15) is 4.79 Å². The summed E-state index contributed by atoms with van der Waals surface area (Å²) in [5.41, 5.74) is 3.73. The van der Waals surface area contributed by atoms with E-state index in [0.717, 1.165) is 31.3 Å². The van der Waals surface area contributed by atoms with E-state index in [1.54, 1.807) is 0 Å². The lowest BCUT2D eigenvalue weighted by atomic mass is 9.96. The van der Waals surface area contributed by atoms with Gasteiger partial charge in [-0.1, -0.05) is 18.2 Å². The van der Waals surface area contributed by atoms with Crippen LogP contribution in [0.15, 0.2) is 24.3 Å². The normalized spacial score (nSPS) is 21.7. The maximum absolute atomic E-state index is 12.4. The molecule has 4 heteroatoms. The Hall–Kier alpha value is -1.32. The number of para-hydroxylation sites is 1. The van der Waals surface area contributed by atoms with Crippen molar-refractivity contribution in [3.63, 3.8) is 0 Å². The number of nitrogens with zero attached hydrogens (tertiary/aromatic N) is 1. The molecule has 0 saturated heterocycles. The van der Waals surface area contributed by atoms with Crippen LogP contribution in [-0.4, -0.2) is 17.0 Å². The third-order valence-corrected chi connectivity index (χ3v) is 4.25. The second-order valence-corrected chi connectivity index (χ2v) is 5.26. The van der Waals surface area contributed by atoms with Gasteiger partial charge in [0, 0.05) is 23.5 Å². The van der Waals surface area contributed by atoms with Crippen LogP contribution in [0.2, 0.25) is 0 Å². The molecule has 3 heterocycles. The highest BCUT2D eigenvalue weighted by Crippen LogP contribution is 2.37. The molecule has 0 aliphatic carbocycles. The number of hydrogen-bond acceptors (Lipinski definition) is 2. The molecule has 1 N–H and O–H groups in total. The Morgan fingerprint density at radius 1 is 1.21 bits per heavy atom. The lowest BCUT2D eigenvalue weighted by Crippen LogP contribution is -2.30. The molecule has 0 fully saturated rings. The van der Waals surface area contributed by atoms with Crippen molar-refractivity contribution < 1.29 is 4.79 Å². The summed E-state index contributed by atoms with van der Waals surface area (Å²) in [7, 11) is 0. The van der Waals surface area contributed by atoms with Crippen LogP contribution in [0.3, 0.4) is 0 Å². The second kappa shape index (κ2) is 4.66. The Balaban J connectivity index is 0.00000110. The first-order valence-corrected chi connectivity index (χ1v) is 6.75. The van der Waals surface area contributed by atoms with Crippen molar-refractivity contribution in [2.45, 2.75) is 31.7 Å². The van der Waals surface area contributed by atoms with Crippen molar-refractivity contribution in [1.29, 1.82) is 0 Å². The van der Waals surface area contributed by atoms with Crippen LogP contribution in [0, 0.1) is 0 Å². The van der Waals surface area contributed by atoms with E-state index in [1.165, 1.54) is 16.6 Å². The van der Waals surface area contributed by atoms with Crippen LogP contribution in [0.4, 0.5) is 0 Å². The Morgan fingerprint density at radius 2 is 2.05 bits per heavy atom. The fourth-order valence-electron chi connectivity index (χ4n) is 3.50. The van der Waals surface area contributed by atoms with Gasteiger partial charge in [0.05, 0.1) is 5.52 Å². The second-order valence-electron chi connectivity index (χ2n) is 5.26. The van der Waals surface area contributed by atoms with Gasteiger partial charge in [0.25, 0.3) is 0 Å². The number of aromatic nitrogens is 1. The molecular weight excluding hydrogens is 260 g/mol. The Morgan fingerprint density at radius 3 is 2.95 bits per heavy atom. The molecule has 0 amide bonds. The highest BCUT2D eigenvalue weighted by Gasteiger charge is 2.31. The number of nitrogens with one attached hydrogen (secondary N) is 1. The standard InChI is InChI=1S/C15H16N2O.ClH/c18-14-7-3-5-12-15-11(8-9-16-12)10-4-1-2-6-13(10)17(14)15;/h1-2,4,6,12,16H,3,5,7-9H2;1H. The lowest BCUT2D eigenvalue weighted by molar-refractivity contribution is 0.0907. The monoisotopic (exact) mass is 276 g/mol. The number of carbonyl (C=O) groups excluding carboxylic acids is 1. The van der Waals surface area contributed by atoms with Gasteiger partial charge >= 0.3 is 0 Å². The Kier molecular flexibility index (Phi) is 3.11. The van der Waals surface area contributed by atoms with Crippen molar-refractivity contribution >= 4 is 29.2 Å². The van der Waals surface area contributed by atoms with Gasteiger partial charge in [-0.05, 0) is 37.4 Å². The van der Waals surface area contributed by atoms with Crippen molar-refractivity contribution in [1.82, 2.24) is 9.88 Å². The molecule has 1 aromatic heterocycles. The Labute approximate surface area is 118 Å². The topological polar surface area (TPSA) is 34.0 Å². The molecule has 0 bridgehead atoms. The van der Waals surface area contributed by atoms with E-state index in [2.05, 4.69) is 23.5 Å². The quantitative estimate of drug-likeness (QED) is 0.802. The zero-order valence-electron chi connectivity index (χ0n) is 10.7. The maximum atomic E-state index is 12.4. The van der Waals surface area contributed by atoms with Gasteiger partial charge in [0.2, 0.25) is 5.91 Å². The minimum absolute atomic E-state index is 0. The molecule has 2 aromatic rings. The van der Waals surface area contributed by atoms with Crippen molar-refractivity contribution in [3.8, 4) is 0 Å². The molecule has 4 rings (SSSR count). The average molecular weight is 277 g/mol. The molecule has 1 aromatic carbocycles. The third-order valence-electron chi connectivity index (χ3n) is 4.25. The van der Waals surface area contributed by atoms with E-state index < -0.39 is 0 Å². The van der Waals surface area contributed by atoms with E-state index in [-0.39, 0.29) is 18.3 Å². The van der Waals surface area contributed by atoms with Gasteiger partial charge in [-0.15, -0.1) is 12.4 Å². The van der Waals surface area contributed by atoms with E-state index in [4.69, 9.17) is 0 Å². The summed E-state index contributed by atoms with van der Waals surface area (Å²) in [5, 5.41) is 4.84.